The maximum atomic E-state index is 12.7. The molecule has 1 aromatic rings. The molecule has 1 aliphatic carbocycles. The van der Waals surface area contributed by atoms with E-state index in [1.807, 2.05) is 30.3 Å². The molecule has 1 aromatic carbocycles. The van der Waals surface area contributed by atoms with Crippen LogP contribution >= 0.6 is 12.4 Å². The van der Waals surface area contributed by atoms with E-state index in [2.05, 4.69) is 5.32 Å². The van der Waals surface area contributed by atoms with Gasteiger partial charge in [-0.2, -0.15) is 0 Å². The lowest BCUT2D eigenvalue weighted by molar-refractivity contribution is -0.127. The van der Waals surface area contributed by atoms with Gasteiger partial charge in [0.25, 0.3) is 0 Å². The lowest BCUT2D eigenvalue weighted by Gasteiger charge is -2.32. The van der Waals surface area contributed by atoms with Gasteiger partial charge in [0.15, 0.2) is 0 Å². The monoisotopic (exact) mass is 415 g/mol. The largest absolute Gasteiger partial charge is 0.353 e. The first-order valence-corrected chi connectivity index (χ1v) is 11.1. The molecule has 27 heavy (non-hydrogen) atoms. The van der Waals surface area contributed by atoms with E-state index in [0.717, 1.165) is 37.7 Å². The number of rotatable bonds is 6. The average molecular weight is 416 g/mol. The van der Waals surface area contributed by atoms with Crippen LogP contribution in [-0.4, -0.2) is 44.3 Å². The molecule has 8 heteroatoms. The number of hydrogen-bond donors (Lipinski definition) is 2. The van der Waals surface area contributed by atoms with Crippen LogP contribution in [0.4, 0.5) is 0 Å². The lowest BCUT2D eigenvalue weighted by atomic mass is 9.97. The van der Waals surface area contributed by atoms with Crippen molar-refractivity contribution in [1.82, 2.24) is 9.62 Å². The first-order valence-electron chi connectivity index (χ1n) is 9.52. The highest BCUT2D eigenvalue weighted by molar-refractivity contribution is 7.88. The fourth-order valence-electron chi connectivity index (χ4n) is 4.09. The summed E-state index contributed by atoms with van der Waals surface area (Å²) in [5, 5.41) is 3.13. The summed E-state index contributed by atoms with van der Waals surface area (Å²) in [6.07, 6.45) is 4.58. The van der Waals surface area contributed by atoms with E-state index in [0.29, 0.717) is 19.0 Å². The second-order valence-corrected chi connectivity index (χ2v) is 9.45. The number of benzene rings is 1. The van der Waals surface area contributed by atoms with Gasteiger partial charge in [-0.15, -0.1) is 12.4 Å². The van der Waals surface area contributed by atoms with Gasteiger partial charge in [0.05, 0.1) is 11.7 Å². The molecule has 3 rings (SSSR count). The number of amides is 1. The molecule has 3 N–H and O–H groups in total. The maximum absolute atomic E-state index is 12.7. The van der Waals surface area contributed by atoms with E-state index in [9.17, 15) is 13.2 Å². The summed E-state index contributed by atoms with van der Waals surface area (Å²) in [6.45, 7) is 1.36. The van der Waals surface area contributed by atoms with Gasteiger partial charge in [0.2, 0.25) is 15.9 Å². The van der Waals surface area contributed by atoms with E-state index in [1.165, 1.54) is 4.31 Å². The number of nitrogens with zero attached hydrogens (tertiary/aromatic N) is 1. The smallest absolute Gasteiger partial charge is 0.224 e. The second kappa shape index (κ2) is 9.87. The maximum Gasteiger partial charge on any atom is 0.224 e. The van der Waals surface area contributed by atoms with E-state index in [4.69, 9.17) is 5.73 Å². The Morgan fingerprint density at radius 3 is 2.59 bits per heavy atom. The molecule has 0 radical (unpaired) electrons. The van der Waals surface area contributed by atoms with Crippen LogP contribution in [0.2, 0.25) is 0 Å². The van der Waals surface area contributed by atoms with Crippen molar-refractivity contribution in [3.05, 3.63) is 35.9 Å². The zero-order valence-corrected chi connectivity index (χ0v) is 17.2. The first kappa shape index (κ1) is 22.1. The summed E-state index contributed by atoms with van der Waals surface area (Å²) in [6, 6.07) is 9.33. The van der Waals surface area contributed by atoms with Gasteiger partial charge in [0.1, 0.15) is 0 Å². The fraction of sp³-hybridized carbons (Fsp3) is 0.632. The van der Waals surface area contributed by atoms with Crippen molar-refractivity contribution >= 4 is 28.3 Å². The Kier molecular flexibility index (Phi) is 8.09. The Balaban J connectivity index is 0.00000261. The molecule has 6 nitrogen and oxygen atoms in total. The van der Waals surface area contributed by atoms with Crippen molar-refractivity contribution in [1.29, 1.82) is 0 Å². The molecular weight excluding hydrogens is 386 g/mol. The van der Waals surface area contributed by atoms with E-state index >= 15 is 0 Å². The molecule has 1 amide bonds. The quantitative estimate of drug-likeness (QED) is 0.742. The minimum atomic E-state index is -3.41. The number of nitrogens with two attached hydrogens (primary N) is 1. The number of sulfonamides is 1. The summed E-state index contributed by atoms with van der Waals surface area (Å²) in [7, 11) is -3.41. The third kappa shape index (κ3) is 5.67. The fourth-order valence-corrected chi connectivity index (χ4v) is 5.71. The van der Waals surface area contributed by atoms with Gasteiger partial charge in [-0.25, -0.2) is 12.7 Å². The van der Waals surface area contributed by atoms with Gasteiger partial charge < -0.3 is 11.1 Å². The van der Waals surface area contributed by atoms with Gasteiger partial charge in [0, 0.05) is 19.1 Å². The number of hydrogen-bond acceptors (Lipinski definition) is 4. The van der Waals surface area contributed by atoms with Crippen LogP contribution in [0, 0.1) is 11.8 Å². The third-order valence-electron chi connectivity index (χ3n) is 5.63. The molecule has 1 heterocycles. The standard InChI is InChI=1S/C19H29N3O3S.ClH/c20-12-16-8-4-10-18(16)21-19(23)17-9-5-11-22(13-17)26(24,25)14-15-6-2-1-3-7-15;/h1-3,6-7,16-18H,4-5,8-14,20H2,(H,21,23);1H. The van der Waals surface area contributed by atoms with Crippen LogP contribution in [0.25, 0.3) is 0 Å². The Labute approximate surface area is 168 Å². The van der Waals surface area contributed by atoms with E-state index in [-0.39, 0.29) is 42.6 Å². The predicted molar refractivity (Wildman–Crippen MR) is 109 cm³/mol. The molecule has 152 valence electrons. The van der Waals surface area contributed by atoms with Crippen molar-refractivity contribution in [3.8, 4) is 0 Å². The van der Waals surface area contributed by atoms with Gasteiger partial charge >= 0.3 is 0 Å². The Morgan fingerprint density at radius 1 is 1.15 bits per heavy atom. The van der Waals surface area contributed by atoms with Crippen LogP contribution in [0.3, 0.4) is 0 Å². The number of piperidine rings is 1. The molecule has 2 fully saturated rings. The highest BCUT2D eigenvalue weighted by Crippen LogP contribution is 2.26. The molecule has 0 bridgehead atoms. The van der Waals surface area contributed by atoms with Crippen LogP contribution in [0.1, 0.15) is 37.7 Å². The normalized spacial score (nSPS) is 26.3. The van der Waals surface area contributed by atoms with Crippen molar-refractivity contribution in [2.45, 2.75) is 43.9 Å². The summed E-state index contributed by atoms with van der Waals surface area (Å²) in [5.74, 6) is 0.0452. The Bertz CT molecular complexity index is 714. The molecule has 0 spiro atoms. The molecule has 3 atom stereocenters. The topological polar surface area (TPSA) is 92.5 Å². The summed E-state index contributed by atoms with van der Waals surface area (Å²) >= 11 is 0. The average Bonchev–Trinajstić information content (AvgIpc) is 3.09. The van der Waals surface area contributed by atoms with Crippen LogP contribution in [0.15, 0.2) is 30.3 Å². The van der Waals surface area contributed by atoms with Crippen LogP contribution < -0.4 is 11.1 Å². The molecule has 1 aliphatic heterocycles. The van der Waals surface area contributed by atoms with Crippen LogP contribution in [-0.2, 0) is 20.6 Å². The minimum absolute atomic E-state index is 0. The molecule has 2 aliphatic rings. The zero-order valence-electron chi connectivity index (χ0n) is 15.5. The minimum Gasteiger partial charge on any atom is -0.353 e. The van der Waals surface area contributed by atoms with Crippen molar-refractivity contribution in [3.63, 3.8) is 0 Å². The molecule has 1 saturated heterocycles. The molecule has 1 saturated carbocycles. The van der Waals surface area contributed by atoms with Crippen molar-refractivity contribution in [2.24, 2.45) is 17.6 Å². The molecular formula is C19H30ClN3O3S. The summed E-state index contributed by atoms with van der Waals surface area (Å²) in [4.78, 5) is 12.7. The Morgan fingerprint density at radius 2 is 1.89 bits per heavy atom. The lowest BCUT2D eigenvalue weighted by Crippen LogP contribution is -2.49. The van der Waals surface area contributed by atoms with Crippen LogP contribution in [0.5, 0.6) is 0 Å². The van der Waals surface area contributed by atoms with Gasteiger partial charge in [-0.1, -0.05) is 36.8 Å². The van der Waals surface area contributed by atoms with Crippen molar-refractivity contribution < 1.29 is 13.2 Å². The van der Waals surface area contributed by atoms with Gasteiger partial charge in [-0.3, -0.25) is 4.79 Å². The predicted octanol–water partition coefficient (Wildman–Crippen LogP) is 1.89. The zero-order chi connectivity index (χ0) is 18.6. The molecule has 3 unspecified atom stereocenters. The highest BCUT2D eigenvalue weighted by atomic mass is 35.5. The van der Waals surface area contributed by atoms with E-state index in [1.54, 1.807) is 0 Å². The van der Waals surface area contributed by atoms with E-state index < -0.39 is 10.0 Å². The number of nitrogens with one attached hydrogen (secondary N) is 1. The highest BCUT2D eigenvalue weighted by Gasteiger charge is 2.34. The van der Waals surface area contributed by atoms with Gasteiger partial charge in [-0.05, 0) is 43.7 Å². The Hall–Kier alpha value is -1.15. The second-order valence-electron chi connectivity index (χ2n) is 7.48. The first-order chi connectivity index (χ1) is 12.5. The summed E-state index contributed by atoms with van der Waals surface area (Å²) < 4.78 is 27.0. The third-order valence-corrected chi connectivity index (χ3v) is 7.45. The number of halogens is 1. The SMILES string of the molecule is Cl.NCC1CCCC1NC(=O)C1CCCN(S(=O)(=O)Cc2ccccc2)C1. The molecule has 0 aromatic heterocycles. The number of carbonyl (C=O) groups is 1. The summed E-state index contributed by atoms with van der Waals surface area (Å²) in [5.41, 5.74) is 6.57. The number of carbonyl (C=O) groups excluding carboxylic acids is 1. The van der Waals surface area contributed by atoms with Crippen molar-refractivity contribution in [2.75, 3.05) is 19.6 Å².